The molecule has 1 amide bonds. The van der Waals surface area contributed by atoms with Crippen LogP contribution in [-0.2, 0) is 28.9 Å². The van der Waals surface area contributed by atoms with E-state index >= 15 is 0 Å². The van der Waals surface area contributed by atoms with Crippen molar-refractivity contribution in [2.75, 3.05) is 19.0 Å². The number of aryl methyl sites for hydroxylation is 1. The predicted molar refractivity (Wildman–Crippen MR) is 134 cm³/mol. The fourth-order valence-electron chi connectivity index (χ4n) is 6.06. The Morgan fingerprint density at radius 3 is 2.94 bits per heavy atom. The Hall–Kier alpha value is -3.01. The zero-order valence-electron chi connectivity index (χ0n) is 20.0. The Kier molecular flexibility index (Phi) is 6.13. The van der Waals surface area contributed by atoms with Gasteiger partial charge < -0.3 is 20.4 Å². The molecule has 184 valence electrons. The number of methoxy groups -OCH3 is 1. The van der Waals surface area contributed by atoms with Crippen LogP contribution in [0.3, 0.4) is 0 Å². The minimum absolute atomic E-state index is 0.0592. The molecule has 3 aliphatic rings. The molecule has 9 heteroatoms. The van der Waals surface area contributed by atoms with Crippen LogP contribution >= 0.6 is 0 Å². The largest absolute Gasteiger partial charge is 0.379 e. The van der Waals surface area contributed by atoms with Crippen molar-refractivity contribution in [3.05, 3.63) is 53.5 Å². The number of H-pyrrole nitrogens is 1. The summed E-state index contributed by atoms with van der Waals surface area (Å²) in [7, 11) is 1.79. The highest BCUT2D eigenvalue weighted by molar-refractivity contribution is 5.92. The Morgan fingerprint density at radius 1 is 1.20 bits per heavy atom. The Morgan fingerprint density at radius 2 is 2.09 bits per heavy atom. The highest BCUT2D eigenvalue weighted by atomic mass is 16.5. The lowest BCUT2D eigenvalue weighted by Crippen LogP contribution is -2.48. The van der Waals surface area contributed by atoms with Gasteiger partial charge in [0.05, 0.1) is 17.5 Å². The van der Waals surface area contributed by atoms with E-state index in [1.54, 1.807) is 13.4 Å². The molecular formula is C26H33N7O2. The molecule has 1 aliphatic heterocycles. The Labute approximate surface area is 204 Å². The monoisotopic (exact) mass is 475 g/mol. The number of carbonyl (C=O) groups is 1. The smallest absolute Gasteiger partial charge is 0.223 e. The third-order valence-electron chi connectivity index (χ3n) is 7.99. The number of hydrogen-bond donors (Lipinski definition) is 5. The molecular weight excluding hydrogens is 442 g/mol. The highest BCUT2D eigenvalue weighted by Crippen LogP contribution is 2.36. The number of hydrazine groups is 1. The van der Waals surface area contributed by atoms with Gasteiger partial charge in [0.1, 0.15) is 17.8 Å². The molecule has 35 heavy (non-hydrogen) atoms. The lowest BCUT2D eigenvalue weighted by molar-refractivity contribution is -0.125. The van der Waals surface area contributed by atoms with Crippen molar-refractivity contribution in [3.8, 4) is 0 Å². The number of carbonyl (C=O) groups excluding carboxylic acids is 1. The second kappa shape index (κ2) is 9.56. The standard InChI is InChI=1S/C26H33N7O2/c1-35-22-11-20-17(13-30-33-20)10-21(22)32-25-23-18-9-16(7-8-19(18)31-24(23)28-14-29-25)26(34)27-12-15-5-3-2-4-6-15/h2-6,14,16-17,20-22,30,33H,7-13H2,1H3,(H,27,34)(H2,28,29,31,32). The van der Waals surface area contributed by atoms with Crippen LogP contribution in [0.15, 0.2) is 36.7 Å². The summed E-state index contributed by atoms with van der Waals surface area (Å²) >= 11 is 0. The lowest BCUT2D eigenvalue weighted by Gasteiger charge is -2.37. The molecule has 2 aliphatic carbocycles. The first-order chi connectivity index (χ1) is 17.2. The Bertz CT molecular complexity index is 1200. The summed E-state index contributed by atoms with van der Waals surface area (Å²) in [5.41, 5.74) is 11.0. The molecule has 3 heterocycles. The molecule has 3 aromatic rings. The van der Waals surface area contributed by atoms with Gasteiger partial charge in [0.2, 0.25) is 5.91 Å². The summed E-state index contributed by atoms with van der Waals surface area (Å²) in [5, 5.41) is 7.86. The maximum Gasteiger partial charge on any atom is 0.223 e. The van der Waals surface area contributed by atoms with Crippen LogP contribution in [0.1, 0.15) is 36.1 Å². The van der Waals surface area contributed by atoms with Crippen LogP contribution in [0.2, 0.25) is 0 Å². The molecule has 5 N–H and O–H groups in total. The van der Waals surface area contributed by atoms with Crippen LogP contribution < -0.4 is 21.5 Å². The second-order valence-electron chi connectivity index (χ2n) is 10.1. The van der Waals surface area contributed by atoms with E-state index in [-0.39, 0.29) is 24.0 Å². The molecule has 0 bridgehead atoms. The summed E-state index contributed by atoms with van der Waals surface area (Å²) in [5.74, 6) is 1.45. The number of amides is 1. The number of anilines is 1. The van der Waals surface area contributed by atoms with Gasteiger partial charge in [-0.3, -0.25) is 15.6 Å². The molecule has 9 nitrogen and oxygen atoms in total. The average Bonchev–Trinajstić information content (AvgIpc) is 3.51. The van der Waals surface area contributed by atoms with Crippen molar-refractivity contribution >= 4 is 22.8 Å². The molecule has 1 aromatic carbocycles. The number of aromatic nitrogens is 3. The number of nitrogens with one attached hydrogen (secondary N) is 5. The zero-order valence-corrected chi connectivity index (χ0v) is 20.0. The van der Waals surface area contributed by atoms with Crippen LogP contribution in [0.5, 0.6) is 0 Å². The minimum atomic E-state index is -0.0592. The van der Waals surface area contributed by atoms with Gasteiger partial charge >= 0.3 is 0 Å². The lowest BCUT2D eigenvalue weighted by atomic mass is 9.81. The third kappa shape index (κ3) is 4.39. The number of nitrogens with zero attached hydrogens (tertiary/aromatic N) is 2. The zero-order chi connectivity index (χ0) is 23.8. The predicted octanol–water partition coefficient (Wildman–Crippen LogP) is 2.06. The molecule has 1 saturated carbocycles. The van der Waals surface area contributed by atoms with E-state index in [1.165, 1.54) is 11.3 Å². The first-order valence-electron chi connectivity index (χ1n) is 12.6. The summed E-state index contributed by atoms with van der Waals surface area (Å²) in [6.45, 7) is 1.52. The number of aromatic amines is 1. The molecule has 6 rings (SSSR count). The van der Waals surface area contributed by atoms with Crippen molar-refractivity contribution < 1.29 is 9.53 Å². The number of hydrogen-bond acceptors (Lipinski definition) is 7. The molecule has 2 aromatic heterocycles. The van der Waals surface area contributed by atoms with E-state index in [1.807, 2.05) is 30.3 Å². The minimum Gasteiger partial charge on any atom is -0.379 e. The van der Waals surface area contributed by atoms with Crippen molar-refractivity contribution in [3.63, 3.8) is 0 Å². The van der Waals surface area contributed by atoms with E-state index in [9.17, 15) is 4.79 Å². The van der Waals surface area contributed by atoms with Gasteiger partial charge in [-0.25, -0.2) is 9.97 Å². The average molecular weight is 476 g/mol. The van der Waals surface area contributed by atoms with Crippen LogP contribution in [-0.4, -0.2) is 52.7 Å². The molecule has 0 radical (unpaired) electrons. The summed E-state index contributed by atoms with van der Waals surface area (Å²) < 4.78 is 5.87. The molecule has 0 spiro atoms. The first kappa shape index (κ1) is 22.5. The SMILES string of the molecule is COC1CC2NNCC2CC1Nc1ncnc2[nH]c3c(c12)CC(C(=O)NCc1ccccc1)CC3. The first-order valence-corrected chi connectivity index (χ1v) is 12.6. The van der Waals surface area contributed by atoms with Crippen molar-refractivity contribution in [1.29, 1.82) is 0 Å². The number of ether oxygens (including phenoxy) is 1. The fourth-order valence-corrected chi connectivity index (χ4v) is 6.06. The van der Waals surface area contributed by atoms with Gasteiger partial charge in [-0.1, -0.05) is 30.3 Å². The maximum atomic E-state index is 13.0. The van der Waals surface area contributed by atoms with Crippen molar-refractivity contribution in [2.45, 2.75) is 56.8 Å². The Balaban J connectivity index is 1.22. The topological polar surface area (TPSA) is 116 Å². The van der Waals surface area contributed by atoms with Gasteiger partial charge in [-0.2, -0.15) is 0 Å². The van der Waals surface area contributed by atoms with Crippen LogP contribution in [0, 0.1) is 11.8 Å². The molecule has 2 fully saturated rings. The quantitative estimate of drug-likeness (QED) is 0.371. The van der Waals surface area contributed by atoms with E-state index in [2.05, 4.69) is 36.4 Å². The normalized spacial score (nSPS) is 27.9. The third-order valence-corrected chi connectivity index (χ3v) is 7.99. The van der Waals surface area contributed by atoms with Gasteiger partial charge in [-0.15, -0.1) is 0 Å². The maximum absolute atomic E-state index is 13.0. The second-order valence-corrected chi connectivity index (χ2v) is 10.1. The van der Waals surface area contributed by atoms with Crippen molar-refractivity contribution in [1.82, 2.24) is 31.1 Å². The van der Waals surface area contributed by atoms with E-state index in [0.29, 0.717) is 24.9 Å². The van der Waals surface area contributed by atoms with E-state index in [4.69, 9.17) is 4.74 Å². The molecule has 5 atom stereocenters. The highest BCUT2D eigenvalue weighted by Gasteiger charge is 2.40. The number of rotatable bonds is 6. The number of benzene rings is 1. The fraction of sp³-hybridized carbons (Fsp3) is 0.500. The van der Waals surface area contributed by atoms with Gasteiger partial charge in [0.15, 0.2) is 0 Å². The van der Waals surface area contributed by atoms with Crippen LogP contribution in [0.4, 0.5) is 5.82 Å². The van der Waals surface area contributed by atoms with Gasteiger partial charge in [0, 0.05) is 37.9 Å². The van der Waals surface area contributed by atoms with Crippen LogP contribution in [0.25, 0.3) is 11.0 Å². The summed E-state index contributed by atoms with van der Waals surface area (Å²) in [6.07, 6.45) is 6.02. The van der Waals surface area contributed by atoms with Crippen molar-refractivity contribution in [2.24, 2.45) is 11.8 Å². The van der Waals surface area contributed by atoms with E-state index in [0.717, 1.165) is 54.6 Å². The van der Waals surface area contributed by atoms with Gasteiger partial charge in [0.25, 0.3) is 0 Å². The summed E-state index contributed by atoms with van der Waals surface area (Å²) in [4.78, 5) is 25.7. The number of fused-ring (bicyclic) bond motifs is 4. The molecule has 5 unspecified atom stereocenters. The van der Waals surface area contributed by atoms with Gasteiger partial charge in [-0.05, 0) is 49.1 Å². The van der Waals surface area contributed by atoms with E-state index < -0.39 is 0 Å². The summed E-state index contributed by atoms with van der Waals surface area (Å²) in [6, 6.07) is 10.7. The molecule has 1 saturated heterocycles.